The van der Waals surface area contributed by atoms with Gasteiger partial charge >= 0.3 is 0 Å². The monoisotopic (exact) mass is 276 g/mol. The van der Waals surface area contributed by atoms with E-state index in [1.807, 2.05) is 0 Å². The van der Waals surface area contributed by atoms with Gasteiger partial charge in [0.05, 0.1) is 10.0 Å². The molecule has 0 aliphatic heterocycles. The standard InChI is InChI=1S/C8H5Cl5/c1-3-4(9)2-5(10)7(11)6(3)8(12)13/h2,8H,1H3. The lowest BCUT2D eigenvalue weighted by atomic mass is 10.1. The number of rotatable bonds is 1. The molecule has 0 nitrogen and oxygen atoms in total. The van der Waals surface area contributed by atoms with Crippen molar-refractivity contribution >= 4 is 58.0 Å². The summed E-state index contributed by atoms with van der Waals surface area (Å²) in [5.74, 6) is 0. The van der Waals surface area contributed by atoms with Crippen molar-refractivity contribution < 1.29 is 0 Å². The first-order chi connectivity index (χ1) is 5.95. The fourth-order valence-corrected chi connectivity index (χ4v) is 2.40. The number of hydrogen-bond donors (Lipinski definition) is 0. The van der Waals surface area contributed by atoms with Gasteiger partial charge in [-0.2, -0.15) is 0 Å². The Morgan fingerprint density at radius 2 is 1.62 bits per heavy atom. The van der Waals surface area contributed by atoms with Crippen molar-refractivity contribution in [1.29, 1.82) is 0 Å². The number of halogens is 5. The summed E-state index contributed by atoms with van der Waals surface area (Å²) >= 11 is 29.0. The molecule has 0 atom stereocenters. The van der Waals surface area contributed by atoms with Crippen LogP contribution < -0.4 is 0 Å². The predicted molar refractivity (Wildman–Crippen MR) is 60.7 cm³/mol. The Labute approximate surface area is 102 Å². The van der Waals surface area contributed by atoms with Gasteiger partial charge in [-0.1, -0.05) is 58.0 Å². The maximum atomic E-state index is 5.91. The molecular formula is C8H5Cl5. The van der Waals surface area contributed by atoms with Crippen molar-refractivity contribution in [2.45, 2.75) is 11.8 Å². The molecule has 0 N–H and O–H groups in total. The molecule has 0 spiro atoms. The zero-order chi connectivity index (χ0) is 10.2. The van der Waals surface area contributed by atoms with E-state index < -0.39 is 4.84 Å². The molecule has 0 aromatic heterocycles. The van der Waals surface area contributed by atoms with E-state index in [9.17, 15) is 0 Å². The van der Waals surface area contributed by atoms with Gasteiger partial charge in [-0.05, 0) is 18.6 Å². The van der Waals surface area contributed by atoms with Gasteiger partial charge in [0.1, 0.15) is 4.84 Å². The van der Waals surface area contributed by atoms with Crippen LogP contribution in [-0.4, -0.2) is 0 Å². The Hall–Kier alpha value is 0.670. The summed E-state index contributed by atoms with van der Waals surface area (Å²) in [5.41, 5.74) is 1.33. The molecule has 0 aliphatic carbocycles. The van der Waals surface area contributed by atoms with Crippen molar-refractivity contribution in [2.75, 3.05) is 0 Å². The fourth-order valence-electron chi connectivity index (χ4n) is 0.964. The summed E-state index contributed by atoms with van der Waals surface area (Å²) in [5, 5.41) is 1.23. The second kappa shape index (κ2) is 4.46. The van der Waals surface area contributed by atoms with Crippen LogP contribution in [0.4, 0.5) is 0 Å². The summed E-state index contributed by atoms with van der Waals surface area (Å²) < 4.78 is 0. The van der Waals surface area contributed by atoms with Gasteiger partial charge in [0.2, 0.25) is 0 Å². The highest BCUT2D eigenvalue weighted by atomic mass is 35.5. The maximum Gasteiger partial charge on any atom is 0.134 e. The zero-order valence-electron chi connectivity index (χ0n) is 6.54. The maximum absolute atomic E-state index is 5.91. The van der Waals surface area contributed by atoms with Gasteiger partial charge in [0.15, 0.2) is 0 Å². The fraction of sp³-hybridized carbons (Fsp3) is 0.250. The number of hydrogen-bond acceptors (Lipinski definition) is 0. The molecule has 0 unspecified atom stereocenters. The van der Waals surface area contributed by atoms with Crippen LogP contribution >= 0.6 is 58.0 Å². The van der Waals surface area contributed by atoms with Gasteiger partial charge in [-0.15, -0.1) is 0 Å². The molecule has 0 saturated carbocycles. The number of benzene rings is 1. The Bertz CT molecular complexity index is 306. The molecule has 0 saturated heterocycles. The smallest absolute Gasteiger partial charge is 0.1000 e. The molecule has 0 heterocycles. The first-order valence-electron chi connectivity index (χ1n) is 3.37. The predicted octanol–water partition coefficient (Wildman–Crippen LogP) is 5.43. The highest BCUT2D eigenvalue weighted by Crippen LogP contribution is 2.40. The lowest BCUT2D eigenvalue weighted by Gasteiger charge is -2.11. The van der Waals surface area contributed by atoms with Gasteiger partial charge in [-0.3, -0.25) is 0 Å². The van der Waals surface area contributed by atoms with E-state index in [0.717, 1.165) is 5.56 Å². The zero-order valence-corrected chi connectivity index (χ0v) is 10.3. The van der Waals surface area contributed by atoms with Crippen molar-refractivity contribution in [1.82, 2.24) is 0 Å². The van der Waals surface area contributed by atoms with Crippen LogP contribution in [0.25, 0.3) is 0 Å². The first-order valence-corrected chi connectivity index (χ1v) is 5.38. The average molecular weight is 278 g/mol. The van der Waals surface area contributed by atoms with Crippen LogP contribution in [0.5, 0.6) is 0 Å². The average Bonchev–Trinajstić information content (AvgIpc) is 2.01. The molecule has 0 aliphatic rings. The van der Waals surface area contributed by atoms with Crippen LogP contribution in [0.15, 0.2) is 6.07 Å². The molecule has 0 bridgehead atoms. The minimum absolute atomic E-state index is 0.360. The van der Waals surface area contributed by atoms with E-state index in [0.29, 0.717) is 20.6 Å². The molecule has 5 heteroatoms. The normalized spacial score (nSPS) is 11.0. The Kier molecular flexibility index (Phi) is 4.03. The van der Waals surface area contributed by atoms with Gasteiger partial charge in [0, 0.05) is 10.6 Å². The molecule has 1 aromatic carbocycles. The Morgan fingerprint density at radius 3 is 2.08 bits per heavy atom. The lowest BCUT2D eigenvalue weighted by molar-refractivity contribution is 1.27. The Morgan fingerprint density at radius 1 is 1.08 bits per heavy atom. The number of alkyl halides is 2. The molecular weight excluding hydrogens is 273 g/mol. The van der Waals surface area contributed by atoms with Crippen LogP contribution in [0.3, 0.4) is 0 Å². The summed E-state index contributed by atoms with van der Waals surface area (Å²) in [6.07, 6.45) is 0. The molecule has 72 valence electrons. The van der Waals surface area contributed by atoms with Crippen molar-refractivity contribution in [2.24, 2.45) is 0 Å². The minimum atomic E-state index is -0.719. The van der Waals surface area contributed by atoms with Crippen molar-refractivity contribution in [3.8, 4) is 0 Å². The van der Waals surface area contributed by atoms with Gasteiger partial charge in [0.25, 0.3) is 0 Å². The SMILES string of the molecule is Cc1c(Cl)cc(Cl)c(Cl)c1C(Cl)Cl. The minimum Gasteiger partial charge on any atom is -0.1000 e. The lowest BCUT2D eigenvalue weighted by Crippen LogP contribution is -1.91. The molecule has 13 heavy (non-hydrogen) atoms. The summed E-state index contributed by atoms with van der Waals surface area (Å²) in [6.45, 7) is 1.79. The molecule has 1 rings (SSSR count). The Balaban J connectivity index is 3.46. The molecule has 0 amide bonds. The van der Waals surface area contributed by atoms with E-state index in [2.05, 4.69) is 0 Å². The van der Waals surface area contributed by atoms with E-state index in [1.54, 1.807) is 13.0 Å². The van der Waals surface area contributed by atoms with Gasteiger partial charge < -0.3 is 0 Å². The quantitative estimate of drug-likeness (QED) is 0.474. The molecule has 1 aromatic rings. The van der Waals surface area contributed by atoms with Crippen molar-refractivity contribution in [3.63, 3.8) is 0 Å². The highest BCUT2D eigenvalue weighted by molar-refractivity contribution is 6.48. The van der Waals surface area contributed by atoms with E-state index in [-0.39, 0.29) is 0 Å². The van der Waals surface area contributed by atoms with Crippen LogP contribution in [0.1, 0.15) is 16.0 Å². The third-order valence-corrected chi connectivity index (χ3v) is 3.31. The second-order valence-electron chi connectivity index (χ2n) is 2.49. The summed E-state index contributed by atoms with van der Waals surface area (Å²) in [4.78, 5) is -0.719. The topological polar surface area (TPSA) is 0 Å². The van der Waals surface area contributed by atoms with Crippen LogP contribution in [0, 0.1) is 6.92 Å². The second-order valence-corrected chi connectivity index (χ2v) is 4.78. The first kappa shape index (κ1) is 11.7. The van der Waals surface area contributed by atoms with Crippen molar-refractivity contribution in [3.05, 3.63) is 32.3 Å². The van der Waals surface area contributed by atoms with E-state index in [4.69, 9.17) is 58.0 Å². The summed E-state index contributed by atoms with van der Waals surface area (Å²) in [7, 11) is 0. The largest absolute Gasteiger partial charge is 0.134 e. The van der Waals surface area contributed by atoms with E-state index >= 15 is 0 Å². The third-order valence-electron chi connectivity index (χ3n) is 1.68. The highest BCUT2D eigenvalue weighted by Gasteiger charge is 2.17. The van der Waals surface area contributed by atoms with Crippen LogP contribution in [0.2, 0.25) is 15.1 Å². The van der Waals surface area contributed by atoms with Gasteiger partial charge in [-0.25, -0.2) is 0 Å². The van der Waals surface area contributed by atoms with E-state index in [1.165, 1.54) is 0 Å². The summed E-state index contributed by atoms with van der Waals surface area (Å²) in [6, 6.07) is 1.57. The molecule has 0 fully saturated rings. The third kappa shape index (κ3) is 2.37. The van der Waals surface area contributed by atoms with Crippen LogP contribution in [-0.2, 0) is 0 Å². The molecule has 0 radical (unpaired) electrons.